The van der Waals surface area contributed by atoms with Crippen LogP contribution >= 0.6 is 0 Å². The van der Waals surface area contributed by atoms with Gasteiger partial charge in [-0.3, -0.25) is 9.48 Å². The summed E-state index contributed by atoms with van der Waals surface area (Å²) in [5.41, 5.74) is 0. The van der Waals surface area contributed by atoms with Crippen molar-refractivity contribution < 1.29 is 4.79 Å². The second-order valence-electron chi connectivity index (χ2n) is 3.37. The van der Waals surface area contributed by atoms with E-state index in [1.165, 1.54) is 0 Å². The van der Waals surface area contributed by atoms with E-state index in [0.29, 0.717) is 5.82 Å². The van der Waals surface area contributed by atoms with E-state index in [2.05, 4.69) is 15.4 Å². The van der Waals surface area contributed by atoms with Crippen LogP contribution in [0.5, 0.6) is 0 Å². The van der Waals surface area contributed by atoms with Crippen molar-refractivity contribution in [3.63, 3.8) is 0 Å². The summed E-state index contributed by atoms with van der Waals surface area (Å²) in [5.74, 6) is 0.411. The van der Waals surface area contributed by atoms with Gasteiger partial charge < -0.3 is 5.32 Å². The number of carbonyl (C=O) groups excluding carboxylic acids is 1. The molecule has 1 N–H and O–H groups in total. The molecule has 0 fully saturated rings. The Morgan fingerprint density at radius 2 is 2.25 bits per heavy atom. The average Bonchev–Trinajstić information content (AvgIpc) is 2.83. The van der Waals surface area contributed by atoms with E-state index in [1.807, 2.05) is 6.07 Å². The lowest BCUT2D eigenvalue weighted by Crippen LogP contribution is -2.24. The Bertz CT molecular complexity index is 452. The van der Waals surface area contributed by atoms with Gasteiger partial charge in [0.25, 0.3) is 0 Å². The molecule has 2 rings (SSSR count). The molecule has 5 heteroatoms. The van der Waals surface area contributed by atoms with Crippen molar-refractivity contribution in [2.75, 3.05) is 5.32 Å². The van der Waals surface area contributed by atoms with E-state index < -0.39 is 0 Å². The Balaban J connectivity index is 2.04. The van der Waals surface area contributed by atoms with Gasteiger partial charge in [-0.05, 0) is 25.1 Å². The molecule has 1 amide bonds. The van der Waals surface area contributed by atoms with Crippen molar-refractivity contribution in [2.45, 2.75) is 13.0 Å². The number of carbonyl (C=O) groups is 1. The van der Waals surface area contributed by atoms with Crippen LogP contribution in [0.4, 0.5) is 5.82 Å². The molecule has 0 aromatic carbocycles. The van der Waals surface area contributed by atoms with Gasteiger partial charge in [0.15, 0.2) is 0 Å². The van der Waals surface area contributed by atoms with Gasteiger partial charge in [0.05, 0.1) is 0 Å². The summed E-state index contributed by atoms with van der Waals surface area (Å²) in [6.45, 7) is 1.78. The lowest BCUT2D eigenvalue weighted by Gasteiger charge is -2.11. The Morgan fingerprint density at radius 3 is 2.88 bits per heavy atom. The molecular weight excluding hydrogens is 204 g/mol. The van der Waals surface area contributed by atoms with E-state index in [1.54, 1.807) is 48.4 Å². The number of pyridine rings is 1. The Morgan fingerprint density at radius 1 is 1.38 bits per heavy atom. The first-order valence-electron chi connectivity index (χ1n) is 4.98. The van der Waals surface area contributed by atoms with E-state index in [-0.39, 0.29) is 11.9 Å². The molecule has 2 aromatic heterocycles. The molecule has 0 radical (unpaired) electrons. The molecule has 82 valence electrons. The second-order valence-corrected chi connectivity index (χ2v) is 3.37. The minimum absolute atomic E-state index is 0.137. The largest absolute Gasteiger partial charge is 0.309 e. The van der Waals surface area contributed by atoms with E-state index in [9.17, 15) is 4.79 Å². The standard InChI is InChI=1S/C11H12N4O/c1-9(15-8-4-7-13-15)11(16)14-10-5-2-3-6-12-10/h2-9H,1H3,(H,12,14,16). The SMILES string of the molecule is CC(C(=O)Nc1ccccn1)n1cccn1. The normalized spacial score (nSPS) is 12.1. The lowest BCUT2D eigenvalue weighted by atomic mass is 10.3. The zero-order chi connectivity index (χ0) is 11.4. The molecule has 0 aliphatic heterocycles. The molecule has 0 bridgehead atoms. The lowest BCUT2D eigenvalue weighted by molar-refractivity contribution is -0.119. The van der Waals surface area contributed by atoms with Crippen molar-refractivity contribution in [1.82, 2.24) is 14.8 Å². The van der Waals surface area contributed by atoms with Crippen LogP contribution < -0.4 is 5.32 Å². The van der Waals surface area contributed by atoms with Crippen LogP contribution in [-0.4, -0.2) is 20.7 Å². The number of rotatable bonds is 3. The smallest absolute Gasteiger partial charge is 0.250 e. The van der Waals surface area contributed by atoms with Crippen molar-refractivity contribution in [3.05, 3.63) is 42.9 Å². The molecule has 0 aliphatic rings. The van der Waals surface area contributed by atoms with Gasteiger partial charge in [-0.25, -0.2) is 4.98 Å². The molecule has 1 unspecified atom stereocenters. The van der Waals surface area contributed by atoms with E-state index in [4.69, 9.17) is 0 Å². The fraction of sp³-hybridized carbons (Fsp3) is 0.182. The first-order chi connectivity index (χ1) is 7.77. The Kier molecular flexibility index (Phi) is 2.95. The van der Waals surface area contributed by atoms with Crippen LogP contribution in [0.25, 0.3) is 0 Å². The summed E-state index contributed by atoms with van der Waals surface area (Å²) in [5, 5.41) is 6.73. The Labute approximate surface area is 93.1 Å². The number of nitrogens with one attached hydrogen (secondary N) is 1. The highest BCUT2D eigenvalue weighted by Gasteiger charge is 2.14. The Hall–Kier alpha value is -2.17. The second kappa shape index (κ2) is 4.57. The summed E-state index contributed by atoms with van der Waals surface area (Å²) in [4.78, 5) is 15.8. The molecular formula is C11H12N4O. The number of nitrogens with zero attached hydrogens (tertiary/aromatic N) is 3. The third-order valence-corrected chi connectivity index (χ3v) is 2.22. The van der Waals surface area contributed by atoms with Crippen LogP contribution in [0.1, 0.15) is 13.0 Å². The van der Waals surface area contributed by atoms with Gasteiger partial charge in [-0.1, -0.05) is 6.07 Å². The monoisotopic (exact) mass is 216 g/mol. The first-order valence-corrected chi connectivity index (χ1v) is 4.98. The van der Waals surface area contributed by atoms with Crippen LogP contribution in [-0.2, 0) is 4.79 Å². The third-order valence-electron chi connectivity index (χ3n) is 2.22. The van der Waals surface area contributed by atoms with Crippen molar-refractivity contribution in [2.24, 2.45) is 0 Å². The van der Waals surface area contributed by atoms with E-state index >= 15 is 0 Å². The van der Waals surface area contributed by atoms with Crippen LogP contribution in [0.15, 0.2) is 42.9 Å². The van der Waals surface area contributed by atoms with E-state index in [0.717, 1.165) is 0 Å². The highest BCUT2D eigenvalue weighted by molar-refractivity contribution is 5.92. The zero-order valence-electron chi connectivity index (χ0n) is 8.87. The van der Waals surface area contributed by atoms with Crippen molar-refractivity contribution in [3.8, 4) is 0 Å². The maximum atomic E-state index is 11.8. The van der Waals surface area contributed by atoms with Crippen LogP contribution in [0.2, 0.25) is 0 Å². The van der Waals surface area contributed by atoms with Crippen LogP contribution in [0, 0.1) is 0 Å². The number of aromatic nitrogens is 3. The topological polar surface area (TPSA) is 59.8 Å². The molecule has 1 atom stereocenters. The molecule has 16 heavy (non-hydrogen) atoms. The minimum atomic E-state index is -0.350. The van der Waals surface area contributed by atoms with Gasteiger partial charge in [0, 0.05) is 18.6 Å². The van der Waals surface area contributed by atoms with Gasteiger partial charge in [0.2, 0.25) is 5.91 Å². The van der Waals surface area contributed by atoms with Gasteiger partial charge >= 0.3 is 0 Å². The maximum Gasteiger partial charge on any atom is 0.250 e. The number of hydrogen-bond acceptors (Lipinski definition) is 3. The van der Waals surface area contributed by atoms with Gasteiger partial charge in [-0.2, -0.15) is 5.10 Å². The van der Waals surface area contributed by atoms with Crippen LogP contribution in [0.3, 0.4) is 0 Å². The first kappa shape index (κ1) is 10.4. The molecule has 2 heterocycles. The fourth-order valence-electron chi connectivity index (χ4n) is 1.30. The quantitative estimate of drug-likeness (QED) is 0.845. The minimum Gasteiger partial charge on any atom is -0.309 e. The maximum absolute atomic E-state index is 11.8. The van der Waals surface area contributed by atoms with Gasteiger partial charge in [0.1, 0.15) is 11.9 Å². The number of hydrogen-bond donors (Lipinski definition) is 1. The highest BCUT2D eigenvalue weighted by atomic mass is 16.2. The highest BCUT2D eigenvalue weighted by Crippen LogP contribution is 2.07. The summed E-state index contributed by atoms with van der Waals surface area (Å²) in [6.07, 6.45) is 5.03. The van der Waals surface area contributed by atoms with Crippen molar-refractivity contribution >= 4 is 11.7 Å². The average molecular weight is 216 g/mol. The zero-order valence-corrected chi connectivity index (χ0v) is 8.87. The summed E-state index contributed by atoms with van der Waals surface area (Å²) in [7, 11) is 0. The summed E-state index contributed by atoms with van der Waals surface area (Å²) >= 11 is 0. The molecule has 0 saturated carbocycles. The third kappa shape index (κ3) is 2.25. The number of amides is 1. The summed E-state index contributed by atoms with van der Waals surface area (Å²) < 4.78 is 1.60. The van der Waals surface area contributed by atoms with Crippen molar-refractivity contribution in [1.29, 1.82) is 0 Å². The molecule has 0 aliphatic carbocycles. The number of anilines is 1. The fourth-order valence-corrected chi connectivity index (χ4v) is 1.30. The predicted molar refractivity (Wildman–Crippen MR) is 59.8 cm³/mol. The summed E-state index contributed by atoms with van der Waals surface area (Å²) in [6, 6.07) is 6.79. The molecule has 0 spiro atoms. The van der Waals surface area contributed by atoms with Gasteiger partial charge in [-0.15, -0.1) is 0 Å². The molecule has 2 aromatic rings. The molecule has 5 nitrogen and oxygen atoms in total. The molecule has 0 saturated heterocycles. The predicted octanol–water partition coefficient (Wildman–Crippen LogP) is 1.48.